The number of amides is 3. The number of nitrogens with one attached hydrogen (secondary N) is 1. The van der Waals surface area contributed by atoms with Gasteiger partial charge in [-0.25, -0.2) is 4.79 Å². The van der Waals surface area contributed by atoms with Gasteiger partial charge in [0.15, 0.2) is 0 Å². The van der Waals surface area contributed by atoms with Crippen molar-refractivity contribution in [2.45, 2.75) is 19.8 Å². The van der Waals surface area contributed by atoms with Gasteiger partial charge < -0.3 is 15.1 Å². The minimum Gasteiger partial charge on any atom is -0.341 e. The number of carbonyl (C=O) groups excluding carboxylic acids is 2. The van der Waals surface area contributed by atoms with Crippen LogP contribution in [0.15, 0.2) is 24.3 Å². The van der Waals surface area contributed by atoms with Gasteiger partial charge in [-0.3, -0.25) is 4.79 Å². The SMILES string of the molecule is CCSCCC(=O)N1CCCN(C(=O)Nc2cccc(Cl)c2)CC1. The smallest absolute Gasteiger partial charge is 0.321 e. The highest BCUT2D eigenvalue weighted by molar-refractivity contribution is 7.99. The van der Waals surface area contributed by atoms with E-state index in [1.54, 1.807) is 34.9 Å². The van der Waals surface area contributed by atoms with E-state index in [1.165, 1.54) is 0 Å². The van der Waals surface area contributed by atoms with Crippen molar-refractivity contribution in [3.63, 3.8) is 0 Å². The van der Waals surface area contributed by atoms with Crippen LogP contribution in [0.2, 0.25) is 5.02 Å². The number of hydrogen-bond acceptors (Lipinski definition) is 3. The van der Waals surface area contributed by atoms with Crippen LogP contribution in [0.4, 0.5) is 10.5 Å². The molecule has 1 heterocycles. The second-order valence-electron chi connectivity index (χ2n) is 5.61. The van der Waals surface area contributed by atoms with Gasteiger partial charge in [0.2, 0.25) is 5.91 Å². The molecule has 0 saturated carbocycles. The highest BCUT2D eigenvalue weighted by Gasteiger charge is 2.21. The zero-order valence-electron chi connectivity index (χ0n) is 14.0. The average molecular weight is 370 g/mol. The van der Waals surface area contributed by atoms with E-state index >= 15 is 0 Å². The molecule has 24 heavy (non-hydrogen) atoms. The van der Waals surface area contributed by atoms with Gasteiger partial charge >= 0.3 is 6.03 Å². The highest BCUT2D eigenvalue weighted by atomic mass is 35.5. The van der Waals surface area contributed by atoms with E-state index in [-0.39, 0.29) is 11.9 Å². The van der Waals surface area contributed by atoms with Crippen LogP contribution in [0.5, 0.6) is 0 Å². The van der Waals surface area contributed by atoms with Gasteiger partial charge in [0.1, 0.15) is 0 Å². The number of halogens is 1. The minimum absolute atomic E-state index is 0.145. The monoisotopic (exact) mass is 369 g/mol. The van der Waals surface area contributed by atoms with Crippen LogP contribution in [0, 0.1) is 0 Å². The Morgan fingerprint density at radius 3 is 2.71 bits per heavy atom. The van der Waals surface area contributed by atoms with Crippen LogP contribution < -0.4 is 5.32 Å². The van der Waals surface area contributed by atoms with Crippen molar-refractivity contribution in [2.75, 3.05) is 43.0 Å². The van der Waals surface area contributed by atoms with Gasteiger partial charge in [-0.1, -0.05) is 24.6 Å². The molecule has 5 nitrogen and oxygen atoms in total. The number of rotatable bonds is 5. The number of thioether (sulfide) groups is 1. The molecule has 1 fully saturated rings. The van der Waals surface area contributed by atoms with Crippen LogP contribution in [0.3, 0.4) is 0 Å². The standard InChI is InChI=1S/C17H24ClN3O2S/c1-2-24-12-7-16(22)20-8-4-9-21(11-10-20)17(23)19-15-6-3-5-14(18)13-15/h3,5-6,13H,2,4,7-12H2,1H3,(H,19,23). The Labute approximate surface area is 152 Å². The molecule has 0 unspecified atom stereocenters. The van der Waals surface area contributed by atoms with E-state index in [1.807, 2.05) is 11.0 Å². The average Bonchev–Trinajstić information content (AvgIpc) is 2.81. The topological polar surface area (TPSA) is 52.7 Å². The molecule has 2 rings (SSSR count). The summed E-state index contributed by atoms with van der Waals surface area (Å²) in [5.41, 5.74) is 0.682. The fourth-order valence-corrected chi connectivity index (χ4v) is 3.40. The third-order valence-corrected chi connectivity index (χ3v) is 5.01. The third kappa shape index (κ3) is 5.91. The maximum Gasteiger partial charge on any atom is 0.321 e. The van der Waals surface area contributed by atoms with Crippen molar-refractivity contribution in [3.8, 4) is 0 Å². The van der Waals surface area contributed by atoms with Gasteiger partial charge in [0, 0.05) is 49.1 Å². The van der Waals surface area contributed by atoms with Crippen molar-refractivity contribution in [1.29, 1.82) is 0 Å². The maximum atomic E-state index is 12.4. The fourth-order valence-electron chi connectivity index (χ4n) is 2.60. The molecule has 0 atom stereocenters. The molecule has 1 aromatic carbocycles. The van der Waals surface area contributed by atoms with Crippen molar-refractivity contribution in [1.82, 2.24) is 9.80 Å². The van der Waals surface area contributed by atoms with E-state index in [2.05, 4.69) is 12.2 Å². The van der Waals surface area contributed by atoms with E-state index in [0.29, 0.717) is 36.8 Å². The zero-order chi connectivity index (χ0) is 17.4. The largest absolute Gasteiger partial charge is 0.341 e. The zero-order valence-corrected chi connectivity index (χ0v) is 15.5. The van der Waals surface area contributed by atoms with Crippen LogP contribution in [-0.4, -0.2) is 59.4 Å². The highest BCUT2D eigenvalue weighted by Crippen LogP contribution is 2.16. The van der Waals surface area contributed by atoms with Crippen LogP contribution in [0.1, 0.15) is 19.8 Å². The second-order valence-corrected chi connectivity index (χ2v) is 7.44. The van der Waals surface area contributed by atoms with E-state index in [0.717, 1.165) is 24.5 Å². The normalized spacial score (nSPS) is 15.1. The first-order valence-corrected chi connectivity index (χ1v) is 9.80. The molecule has 0 radical (unpaired) electrons. The lowest BCUT2D eigenvalue weighted by molar-refractivity contribution is -0.130. The molecule has 7 heteroatoms. The molecule has 132 valence electrons. The molecule has 1 N–H and O–H groups in total. The molecule has 0 aliphatic carbocycles. The number of urea groups is 1. The fraction of sp³-hybridized carbons (Fsp3) is 0.529. The van der Waals surface area contributed by atoms with E-state index in [4.69, 9.17) is 11.6 Å². The van der Waals surface area contributed by atoms with Crippen molar-refractivity contribution in [3.05, 3.63) is 29.3 Å². The summed E-state index contributed by atoms with van der Waals surface area (Å²) in [6.45, 7) is 4.62. The summed E-state index contributed by atoms with van der Waals surface area (Å²) in [4.78, 5) is 28.2. The predicted molar refractivity (Wildman–Crippen MR) is 101 cm³/mol. The van der Waals surface area contributed by atoms with Gasteiger partial charge in [0.25, 0.3) is 0 Å². The lowest BCUT2D eigenvalue weighted by Gasteiger charge is -2.22. The van der Waals surface area contributed by atoms with Crippen LogP contribution in [-0.2, 0) is 4.79 Å². The summed E-state index contributed by atoms with van der Waals surface area (Å²) in [6, 6.07) is 6.95. The molecule has 0 bridgehead atoms. The summed E-state index contributed by atoms with van der Waals surface area (Å²) in [6.07, 6.45) is 1.38. The summed E-state index contributed by atoms with van der Waals surface area (Å²) >= 11 is 7.72. The molecule has 1 aliphatic heterocycles. The molecule has 0 spiro atoms. The summed E-state index contributed by atoms with van der Waals surface area (Å²) < 4.78 is 0. The number of hydrogen-bond donors (Lipinski definition) is 1. The summed E-state index contributed by atoms with van der Waals surface area (Å²) in [5.74, 6) is 2.09. The quantitative estimate of drug-likeness (QED) is 0.807. The van der Waals surface area contributed by atoms with Crippen molar-refractivity contribution < 1.29 is 9.59 Å². The molecule has 1 aliphatic rings. The Hall–Kier alpha value is -1.40. The molecule has 1 saturated heterocycles. The van der Waals surface area contributed by atoms with Crippen LogP contribution >= 0.6 is 23.4 Å². The Balaban J connectivity index is 1.83. The molecular formula is C17H24ClN3O2S. The number of anilines is 1. The minimum atomic E-state index is -0.145. The van der Waals surface area contributed by atoms with Crippen LogP contribution in [0.25, 0.3) is 0 Å². The maximum absolute atomic E-state index is 12.4. The lowest BCUT2D eigenvalue weighted by Crippen LogP contribution is -2.39. The lowest BCUT2D eigenvalue weighted by atomic mass is 10.3. The first-order chi connectivity index (χ1) is 11.6. The molecule has 0 aromatic heterocycles. The summed E-state index contributed by atoms with van der Waals surface area (Å²) in [7, 11) is 0. The Kier molecular flexibility index (Phi) is 7.72. The summed E-state index contributed by atoms with van der Waals surface area (Å²) in [5, 5.41) is 3.45. The molecular weight excluding hydrogens is 346 g/mol. The van der Waals surface area contributed by atoms with Crippen molar-refractivity contribution in [2.24, 2.45) is 0 Å². The van der Waals surface area contributed by atoms with E-state index in [9.17, 15) is 9.59 Å². The predicted octanol–water partition coefficient (Wildman–Crippen LogP) is 3.55. The first kappa shape index (κ1) is 18.9. The number of benzene rings is 1. The van der Waals surface area contributed by atoms with Gasteiger partial charge in [0.05, 0.1) is 0 Å². The third-order valence-electron chi connectivity index (χ3n) is 3.88. The Morgan fingerprint density at radius 2 is 1.96 bits per heavy atom. The van der Waals surface area contributed by atoms with Crippen molar-refractivity contribution >= 4 is 41.0 Å². The Morgan fingerprint density at radius 1 is 1.21 bits per heavy atom. The van der Waals surface area contributed by atoms with Gasteiger partial charge in [-0.2, -0.15) is 11.8 Å². The number of nitrogens with zero attached hydrogens (tertiary/aromatic N) is 2. The molecule has 1 aromatic rings. The number of carbonyl (C=O) groups is 2. The second kappa shape index (κ2) is 9.79. The Bertz CT molecular complexity index is 571. The first-order valence-electron chi connectivity index (χ1n) is 8.27. The van der Waals surface area contributed by atoms with Gasteiger partial charge in [-0.15, -0.1) is 0 Å². The van der Waals surface area contributed by atoms with E-state index < -0.39 is 0 Å². The van der Waals surface area contributed by atoms with Gasteiger partial charge in [-0.05, 0) is 30.4 Å². The molecule has 3 amide bonds.